The van der Waals surface area contributed by atoms with Gasteiger partial charge in [0.15, 0.2) is 4.90 Å². The molecule has 28 heavy (non-hydrogen) atoms. The summed E-state index contributed by atoms with van der Waals surface area (Å²) in [6.07, 6.45) is 2.05. The van der Waals surface area contributed by atoms with Crippen molar-refractivity contribution in [2.24, 2.45) is 5.14 Å². The van der Waals surface area contributed by atoms with Gasteiger partial charge in [0, 0.05) is 19.2 Å². The summed E-state index contributed by atoms with van der Waals surface area (Å²) in [6.45, 7) is 7.38. The number of carbonyl (C=O) groups is 1. The van der Waals surface area contributed by atoms with E-state index in [1.165, 1.54) is 0 Å². The molecule has 1 fully saturated rings. The zero-order valence-electron chi connectivity index (χ0n) is 15.7. The third kappa shape index (κ3) is 7.08. The molecule has 2 rings (SSSR count). The first-order valence-corrected chi connectivity index (χ1v) is 9.70. The second-order valence-corrected chi connectivity index (χ2v) is 8.42. The summed E-state index contributed by atoms with van der Waals surface area (Å²) in [5, 5.41) is 25.6. The first-order chi connectivity index (χ1) is 12.7. The van der Waals surface area contributed by atoms with Crippen molar-refractivity contribution in [2.45, 2.75) is 44.1 Å². The number of hydrogen-bond donors (Lipinski definition) is 1. The third-order valence-corrected chi connectivity index (χ3v) is 4.37. The first-order valence-electron chi connectivity index (χ1n) is 8.16. The van der Waals surface area contributed by atoms with Gasteiger partial charge < -0.3 is 9.64 Å². The molecule has 156 valence electrons. The molecule has 12 nitrogen and oxygen atoms in total. The number of carbonyl (C=O) groups excluding carboxylic acids is 1. The summed E-state index contributed by atoms with van der Waals surface area (Å²) >= 11 is 0. The van der Waals surface area contributed by atoms with Gasteiger partial charge in [0.05, 0.1) is 15.9 Å². The molecule has 0 aliphatic carbocycles. The van der Waals surface area contributed by atoms with E-state index in [9.17, 15) is 33.4 Å². The summed E-state index contributed by atoms with van der Waals surface area (Å²) in [4.78, 5) is 31.3. The fourth-order valence-electron chi connectivity index (χ4n) is 2.23. The van der Waals surface area contributed by atoms with Gasteiger partial charge >= 0.3 is 6.09 Å². The maximum Gasteiger partial charge on any atom is 0.410 e. The molecule has 0 bridgehead atoms. The summed E-state index contributed by atoms with van der Waals surface area (Å²) < 4.78 is 27.1. The first kappa shape index (κ1) is 23.2. The van der Waals surface area contributed by atoms with Crippen molar-refractivity contribution in [1.29, 1.82) is 0 Å². The molecule has 0 radical (unpaired) electrons. The van der Waals surface area contributed by atoms with E-state index in [0.29, 0.717) is 6.07 Å². The van der Waals surface area contributed by atoms with E-state index < -0.39 is 36.1 Å². The van der Waals surface area contributed by atoms with Crippen molar-refractivity contribution in [3.63, 3.8) is 0 Å². The Labute approximate surface area is 161 Å². The topological polar surface area (TPSA) is 176 Å². The van der Waals surface area contributed by atoms with Gasteiger partial charge in [0.1, 0.15) is 5.60 Å². The van der Waals surface area contributed by atoms with E-state index in [-0.39, 0.29) is 11.7 Å². The van der Waals surface area contributed by atoms with E-state index in [0.717, 1.165) is 38.1 Å². The van der Waals surface area contributed by atoms with Crippen molar-refractivity contribution in [3.8, 4) is 0 Å². The van der Waals surface area contributed by atoms with E-state index in [1.807, 2.05) is 20.8 Å². The predicted octanol–water partition coefficient (Wildman–Crippen LogP) is 2.17. The number of nitrogens with two attached hydrogens (primary N) is 1. The van der Waals surface area contributed by atoms with Crippen LogP contribution in [0.2, 0.25) is 0 Å². The van der Waals surface area contributed by atoms with Crippen molar-refractivity contribution < 1.29 is 27.8 Å². The molecule has 0 saturated carbocycles. The van der Waals surface area contributed by atoms with Crippen LogP contribution < -0.4 is 5.14 Å². The molecule has 1 saturated heterocycles. The number of nitrogens with zero attached hydrogens (tertiary/aromatic N) is 3. The van der Waals surface area contributed by atoms with Crippen molar-refractivity contribution >= 4 is 27.5 Å². The predicted molar refractivity (Wildman–Crippen MR) is 98.2 cm³/mol. The molecular weight excluding hydrogens is 396 g/mol. The van der Waals surface area contributed by atoms with Crippen LogP contribution in [0.4, 0.5) is 16.2 Å². The molecule has 1 aliphatic rings. The number of nitro groups is 2. The fourth-order valence-corrected chi connectivity index (χ4v) is 2.91. The molecule has 0 aromatic heterocycles. The fraction of sp³-hybridized carbons (Fsp3) is 0.533. The number of hydrogen-bond acceptors (Lipinski definition) is 8. The van der Waals surface area contributed by atoms with Crippen molar-refractivity contribution in [3.05, 3.63) is 38.4 Å². The van der Waals surface area contributed by atoms with Gasteiger partial charge in [-0.1, -0.05) is 0 Å². The Hall–Kier alpha value is -2.80. The summed E-state index contributed by atoms with van der Waals surface area (Å²) in [7, 11) is -4.29. The Bertz CT molecular complexity index is 857. The van der Waals surface area contributed by atoms with Gasteiger partial charge in [-0.25, -0.2) is 18.4 Å². The molecule has 13 heteroatoms. The van der Waals surface area contributed by atoms with E-state index in [4.69, 9.17) is 9.88 Å². The molecule has 0 atom stereocenters. The van der Waals surface area contributed by atoms with E-state index in [2.05, 4.69) is 0 Å². The van der Waals surface area contributed by atoms with Gasteiger partial charge in [-0.3, -0.25) is 20.2 Å². The summed E-state index contributed by atoms with van der Waals surface area (Å²) in [6, 6.07) is 2.10. The standard InChI is InChI=1S/C9H17NO2.C6H5N3O6S/c1-9(2,3)12-8(11)10-6-4-5-7-10;7-16(14,15)6-2-1-4(8(10)11)3-5(6)9(12)13/h4-7H2,1-3H3;1-3H,(H2,7,14,15). The highest BCUT2D eigenvalue weighted by Crippen LogP contribution is 2.27. The largest absolute Gasteiger partial charge is 0.444 e. The highest BCUT2D eigenvalue weighted by Gasteiger charge is 2.26. The van der Waals surface area contributed by atoms with Crippen molar-refractivity contribution in [1.82, 2.24) is 4.90 Å². The second kappa shape index (κ2) is 8.93. The molecule has 1 aliphatic heterocycles. The van der Waals surface area contributed by atoms with Crippen LogP contribution in [-0.2, 0) is 14.8 Å². The average Bonchev–Trinajstić information content (AvgIpc) is 3.07. The number of ether oxygens (including phenoxy) is 1. The number of amides is 1. The quantitative estimate of drug-likeness (QED) is 0.573. The van der Waals surface area contributed by atoms with Crippen LogP contribution >= 0.6 is 0 Å². The minimum Gasteiger partial charge on any atom is -0.444 e. The zero-order chi connectivity index (χ0) is 21.7. The normalized spacial score (nSPS) is 14.1. The van der Waals surface area contributed by atoms with E-state index >= 15 is 0 Å². The number of likely N-dealkylation sites (tertiary alicyclic amines) is 1. The van der Waals surface area contributed by atoms with Gasteiger partial charge in [0.2, 0.25) is 10.0 Å². The molecular formula is C15H22N4O8S. The number of benzene rings is 1. The van der Waals surface area contributed by atoms with Crippen LogP contribution in [0.3, 0.4) is 0 Å². The SMILES string of the molecule is CC(C)(C)OC(=O)N1CCCC1.NS(=O)(=O)c1ccc([N+](=O)[O-])cc1[N+](=O)[O-]. The van der Waals surface area contributed by atoms with Crippen molar-refractivity contribution in [2.75, 3.05) is 13.1 Å². The lowest BCUT2D eigenvalue weighted by Crippen LogP contribution is -2.34. The molecule has 2 N–H and O–H groups in total. The molecule has 0 unspecified atom stereocenters. The molecule has 1 aromatic carbocycles. The maximum atomic E-state index is 11.4. The zero-order valence-corrected chi connectivity index (χ0v) is 16.5. The Morgan fingerprint density at radius 1 is 1.14 bits per heavy atom. The number of nitro benzene ring substituents is 2. The van der Waals surface area contributed by atoms with Crippen LogP contribution in [0.1, 0.15) is 33.6 Å². The van der Waals surface area contributed by atoms with Gasteiger partial charge in [-0.15, -0.1) is 0 Å². The van der Waals surface area contributed by atoms with Crippen LogP contribution in [0, 0.1) is 20.2 Å². The Morgan fingerprint density at radius 3 is 2.07 bits per heavy atom. The monoisotopic (exact) mass is 418 g/mol. The highest BCUT2D eigenvalue weighted by molar-refractivity contribution is 7.89. The number of non-ortho nitro benzene ring substituents is 1. The van der Waals surface area contributed by atoms with Gasteiger partial charge in [-0.05, 0) is 39.7 Å². The summed E-state index contributed by atoms with van der Waals surface area (Å²) in [5.41, 5.74) is -1.87. The van der Waals surface area contributed by atoms with Gasteiger partial charge in [0.25, 0.3) is 11.4 Å². The van der Waals surface area contributed by atoms with Crippen LogP contribution in [0.25, 0.3) is 0 Å². The molecule has 1 heterocycles. The maximum absolute atomic E-state index is 11.4. The Balaban J connectivity index is 0.000000292. The minimum atomic E-state index is -4.29. The number of sulfonamides is 1. The second-order valence-electron chi connectivity index (χ2n) is 6.89. The molecule has 0 spiro atoms. The molecule has 1 aromatic rings. The third-order valence-electron chi connectivity index (χ3n) is 3.41. The lowest BCUT2D eigenvalue weighted by atomic mass is 10.2. The minimum absolute atomic E-state index is 0.167. The Kier molecular flexibility index (Phi) is 7.41. The smallest absolute Gasteiger partial charge is 0.410 e. The van der Waals surface area contributed by atoms with Gasteiger partial charge in [-0.2, -0.15) is 0 Å². The number of rotatable bonds is 3. The molecule has 1 amide bonds. The van der Waals surface area contributed by atoms with E-state index in [1.54, 1.807) is 4.90 Å². The number of primary sulfonamides is 1. The van der Waals surface area contributed by atoms with Crippen LogP contribution in [-0.4, -0.2) is 47.9 Å². The summed E-state index contributed by atoms with van der Waals surface area (Å²) in [5.74, 6) is 0. The lowest BCUT2D eigenvalue weighted by molar-refractivity contribution is -0.396. The lowest BCUT2D eigenvalue weighted by Gasteiger charge is -2.23. The highest BCUT2D eigenvalue weighted by atomic mass is 32.2. The van der Waals surface area contributed by atoms with Crippen LogP contribution in [0.5, 0.6) is 0 Å². The van der Waals surface area contributed by atoms with Crippen LogP contribution in [0.15, 0.2) is 23.1 Å². The Morgan fingerprint density at radius 2 is 1.68 bits per heavy atom. The average molecular weight is 418 g/mol.